The van der Waals surface area contributed by atoms with Gasteiger partial charge in [-0.2, -0.15) is 0 Å². The second-order valence-corrected chi connectivity index (χ2v) is 10.2. The summed E-state index contributed by atoms with van der Waals surface area (Å²) in [5.74, 6) is -0.966. The predicted molar refractivity (Wildman–Crippen MR) is 133 cm³/mol. The normalized spacial score (nSPS) is 12.1. The summed E-state index contributed by atoms with van der Waals surface area (Å²) in [5, 5.41) is 2.65. The minimum atomic E-state index is -3.67. The first-order valence-corrected chi connectivity index (χ1v) is 12.3. The fraction of sp³-hybridized carbons (Fsp3) is 0.231. The van der Waals surface area contributed by atoms with Gasteiger partial charge < -0.3 is 14.8 Å². The summed E-state index contributed by atoms with van der Waals surface area (Å²) in [5.41, 5.74) is 2.11. The number of esters is 1. The van der Waals surface area contributed by atoms with E-state index in [9.17, 15) is 18.0 Å². The van der Waals surface area contributed by atoms with Crippen molar-refractivity contribution in [3.05, 3.63) is 89.5 Å². The first-order valence-electron chi connectivity index (χ1n) is 10.9. The smallest absolute Gasteiger partial charge is 0.342 e. The Morgan fingerprint density at radius 1 is 0.971 bits per heavy atom. The van der Waals surface area contributed by atoms with Crippen LogP contribution in [0.15, 0.2) is 77.7 Å². The van der Waals surface area contributed by atoms with E-state index in [0.29, 0.717) is 17.0 Å². The average Bonchev–Trinajstić information content (AvgIpc) is 2.84. The molecular formula is C26H28N2O6S. The maximum absolute atomic E-state index is 12.8. The van der Waals surface area contributed by atoms with Crippen molar-refractivity contribution in [3.63, 3.8) is 0 Å². The lowest BCUT2D eigenvalue weighted by molar-refractivity contribution is -0.123. The number of nitrogens with one attached hydrogen (secondary N) is 1. The molecule has 0 aromatic heterocycles. The number of rotatable bonds is 9. The van der Waals surface area contributed by atoms with Crippen LogP contribution in [0.2, 0.25) is 0 Å². The molecule has 1 N–H and O–H groups in total. The number of amides is 1. The van der Waals surface area contributed by atoms with Gasteiger partial charge in [0.15, 0.2) is 6.10 Å². The van der Waals surface area contributed by atoms with E-state index in [-0.39, 0.29) is 17.1 Å². The molecule has 1 atom stereocenters. The van der Waals surface area contributed by atoms with E-state index in [4.69, 9.17) is 9.47 Å². The average molecular weight is 497 g/mol. The molecule has 0 spiro atoms. The molecule has 9 heteroatoms. The van der Waals surface area contributed by atoms with Crippen LogP contribution in [-0.2, 0) is 26.2 Å². The van der Waals surface area contributed by atoms with Crippen LogP contribution in [0, 0.1) is 6.92 Å². The fourth-order valence-electron chi connectivity index (χ4n) is 3.12. The lowest BCUT2D eigenvalue weighted by Crippen LogP contribution is -2.30. The Morgan fingerprint density at radius 3 is 2.31 bits per heavy atom. The van der Waals surface area contributed by atoms with Crippen molar-refractivity contribution in [2.45, 2.75) is 31.5 Å². The molecule has 184 valence electrons. The van der Waals surface area contributed by atoms with Crippen LogP contribution in [0.4, 0.5) is 5.69 Å². The Balaban J connectivity index is 1.69. The quantitative estimate of drug-likeness (QED) is 0.449. The molecule has 0 saturated heterocycles. The molecule has 0 fully saturated rings. The summed E-state index contributed by atoms with van der Waals surface area (Å²) in [7, 11) is -0.821. The SMILES string of the molecule is Cc1ccc(S(=O)(=O)N(C)C)cc1NC(=O)C(C)OC(=O)c1ccccc1OCc1ccccc1. The largest absolute Gasteiger partial charge is 0.488 e. The summed E-state index contributed by atoms with van der Waals surface area (Å²) in [4.78, 5) is 25.6. The highest BCUT2D eigenvalue weighted by molar-refractivity contribution is 7.89. The molecule has 0 heterocycles. The van der Waals surface area contributed by atoms with E-state index in [1.807, 2.05) is 30.3 Å². The zero-order chi connectivity index (χ0) is 25.6. The number of sulfonamides is 1. The minimum absolute atomic E-state index is 0.0394. The highest BCUT2D eigenvalue weighted by atomic mass is 32.2. The summed E-state index contributed by atoms with van der Waals surface area (Å²) in [6.45, 7) is 3.45. The summed E-state index contributed by atoms with van der Waals surface area (Å²) >= 11 is 0. The van der Waals surface area contributed by atoms with Gasteiger partial charge in [-0.05, 0) is 49.2 Å². The van der Waals surface area contributed by atoms with Crippen LogP contribution >= 0.6 is 0 Å². The molecule has 0 aliphatic carbocycles. The Kier molecular flexibility index (Phi) is 8.26. The fourth-order valence-corrected chi connectivity index (χ4v) is 4.04. The Hall–Kier alpha value is -3.69. The van der Waals surface area contributed by atoms with Crippen LogP contribution in [0.25, 0.3) is 0 Å². The molecule has 0 radical (unpaired) electrons. The Bertz CT molecular complexity index is 1310. The highest BCUT2D eigenvalue weighted by Gasteiger charge is 2.23. The zero-order valence-corrected chi connectivity index (χ0v) is 20.8. The van der Waals surface area contributed by atoms with Gasteiger partial charge in [-0.15, -0.1) is 0 Å². The Labute approximate surface area is 205 Å². The number of benzene rings is 3. The topological polar surface area (TPSA) is 102 Å². The van der Waals surface area contributed by atoms with Crippen LogP contribution in [0.5, 0.6) is 5.75 Å². The van der Waals surface area contributed by atoms with Gasteiger partial charge >= 0.3 is 5.97 Å². The number of ether oxygens (including phenoxy) is 2. The van der Waals surface area contributed by atoms with Crippen LogP contribution in [0.1, 0.15) is 28.4 Å². The van der Waals surface area contributed by atoms with Crippen molar-refractivity contribution in [1.82, 2.24) is 4.31 Å². The summed E-state index contributed by atoms with van der Waals surface area (Å²) < 4.78 is 37.1. The second kappa shape index (κ2) is 11.2. The zero-order valence-electron chi connectivity index (χ0n) is 20.0. The molecular weight excluding hydrogens is 468 g/mol. The van der Waals surface area contributed by atoms with Gasteiger partial charge in [-0.1, -0.05) is 48.5 Å². The van der Waals surface area contributed by atoms with E-state index in [1.165, 1.54) is 33.2 Å². The molecule has 3 aromatic rings. The maximum atomic E-state index is 12.8. The summed E-state index contributed by atoms with van der Waals surface area (Å²) in [6, 6.07) is 20.6. The first-order chi connectivity index (χ1) is 16.6. The lowest BCUT2D eigenvalue weighted by Gasteiger charge is -2.17. The third kappa shape index (κ3) is 6.46. The van der Waals surface area contributed by atoms with E-state index in [2.05, 4.69) is 5.32 Å². The number of carbonyl (C=O) groups excluding carboxylic acids is 2. The van der Waals surface area contributed by atoms with Crippen molar-refractivity contribution in [3.8, 4) is 5.75 Å². The number of para-hydroxylation sites is 1. The number of nitrogens with zero attached hydrogens (tertiary/aromatic N) is 1. The van der Waals surface area contributed by atoms with Crippen molar-refractivity contribution >= 4 is 27.6 Å². The van der Waals surface area contributed by atoms with Crippen molar-refractivity contribution in [2.24, 2.45) is 0 Å². The van der Waals surface area contributed by atoms with Gasteiger partial charge in [0, 0.05) is 19.8 Å². The molecule has 1 amide bonds. The standard InChI is InChI=1S/C26H28N2O6S/c1-18-14-15-21(35(31,32)28(3)4)16-23(18)27-25(29)19(2)34-26(30)22-12-8-9-13-24(22)33-17-20-10-6-5-7-11-20/h5-16,19H,17H2,1-4H3,(H,27,29). The molecule has 8 nitrogen and oxygen atoms in total. The van der Waals surface area contributed by atoms with E-state index in [0.717, 1.165) is 9.87 Å². The summed E-state index contributed by atoms with van der Waals surface area (Å²) in [6.07, 6.45) is -1.14. The first kappa shape index (κ1) is 25.9. The molecule has 3 rings (SSSR count). The molecule has 0 aliphatic heterocycles. The highest BCUT2D eigenvalue weighted by Crippen LogP contribution is 2.24. The number of carbonyl (C=O) groups is 2. The van der Waals surface area contributed by atoms with Crippen LogP contribution in [0.3, 0.4) is 0 Å². The van der Waals surface area contributed by atoms with Gasteiger partial charge in [0.1, 0.15) is 17.9 Å². The number of anilines is 1. The molecule has 3 aromatic carbocycles. The van der Waals surface area contributed by atoms with Gasteiger partial charge in [0.25, 0.3) is 5.91 Å². The van der Waals surface area contributed by atoms with Gasteiger partial charge in [0.05, 0.1) is 4.90 Å². The number of hydrogen-bond donors (Lipinski definition) is 1. The molecule has 35 heavy (non-hydrogen) atoms. The third-order valence-corrected chi connectivity index (χ3v) is 7.05. The van der Waals surface area contributed by atoms with E-state index < -0.39 is 28.0 Å². The predicted octanol–water partition coefficient (Wildman–Crippen LogP) is 4.01. The minimum Gasteiger partial charge on any atom is -0.488 e. The Morgan fingerprint density at radius 2 is 1.63 bits per heavy atom. The molecule has 0 aliphatic rings. The van der Waals surface area contributed by atoms with Crippen molar-refractivity contribution in [2.75, 3.05) is 19.4 Å². The number of aryl methyl sites for hydroxylation is 1. The number of hydrogen-bond acceptors (Lipinski definition) is 6. The van der Waals surface area contributed by atoms with Crippen molar-refractivity contribution < 1.29 is 27.5 Å². The maximum Gasteiger partial charge on any atom is 0.342 e. The molecule has 1 unspecified atom stereocenters. The third-order valence-electron chi connectivity index (χ3n) is 5.24. The van der Waals surface area contributed by atoms with Gasteiger partial charge in [-0.3, -0.25) is 4.79 Å². The molecule has 0 bridgehead atoms. The second-order valence-electron chi connectivity index (χ2n) is 8.07. The monoisotopic (exact) mass is 496 g/mol. The van der Waals surface area contributed by atoms with Crippen molar-refractivity contribution in [1.29, 1.82) is 0 Å². The van der Waals surface area contributed by atoms with Gasteiger partial charge in [0.2, 0.25) is 10.0 Å². The lowest BCUT2D eigenvalue weighted by atomic mass is 10.2. The molecule has 0 saturated carbocycles. The van der Waals surface area contributed by atoms with E-state index in [1.54, 1.807) is 37.3 Å². The van der Waals surface area contributed by atoms with Gasteiger partial charge in [-0.25, -0.2) is 17.5 Å². The van der Waals surface area contributed by atoms with E-state index >= 15 is 0 Å². The van der Waals surface area contributed by atoms with Crippen LogP contribution < -0.4 is 10.1 Å². The van der Waals surface area contributed by atoms with Crippen LogP contribution in [-0.4, -0.2) is 44.8 Å².